The van der Waals surface area contributed by atoms with E-state index in [-0.39, 0.29) is 17.0 Å². The van der Waals surface area contributed by atoms with Crippen molar-refractivity contribution in [2.45, 2.75) is 17.9 Å². The van der Waals surface area contributed by atoms with Crippen LogP contribution in [0, 0.1) is 40.9 Å². The van der Waals surface area contributed by atoms with Crippen LogP contribution in [0.25, 0.3) is 0 Å². The summed E-state index contributed by atoms with van der Waals surface area (Å²) in [6.45, 7) is 5.51. The van der Waals surface area contributed by atoms with Gasteiger partial charge in [-0.3, -0.25) is 0 Å². The highest BCUT2D eigenvalue weighted by molar-refractivity contribution is 7.89. The van der Waals surface area contributed by atoms with Gasteiger partial charge in [-0.15, -0.1) is 6.58 Å². The van der Waals surface area contributed by atoms with Crippen molar-refractivity contribution >= 4 is 16.0 Å². The first-order valence-electron chi connectivity index (χ1n) is 9.47. The number of nitrogens with zero attached hydrogens (tertiary/aromatic N) is 3. The van der Waals surface area contributed by atoms with E-state index in [2.05, 4.69) is 18.7 Å². The average molecular weight is 436 g/mol. The van der Waals surface area contributed by atoms with Crippen molar-refractivity contribution in [1.82, 2.24) is 4.31 Å². The Morgan fingerprint density at radius 2 is 1.74 bits per heavy atom. The van der Waals surface area contributed by atoms with Crippen LogP contribution in [0.3, 0.4) is 0 Å². The van der Waals surface area contributed by atoms with E-state index in [0.29, 0.717) is 5.56 Å². The molecule has 1 aliphatic heterocycles. The number of methoxy groups -OCH3 is 1. The highest BCUT2D eigenvalue weighted by atomic mass is 32.2. The fourth-order valence-corrected chi connectivity index (χ4v) is 5.55. The number of hydrogen-bond donors (Lipinski definition) is 0. The van der Waals surface area contributed by atoms with Gasteiger partial charge in [-0.05, 0) is 36.8 Å². The molecule has 2 atom stereocenters. The quantitative estimate of drug-likeness (QED) is 0.526. The van der Waals surface area contributed by atoms with Gasteiger partial charge in [-0.2, -0.15) is 14.8 Å². The standard InChI is InChI=1S/C23H21N3O4S/c1-4-19-13-26(31(28,29)20-11-5-16(2)6-12-20)21(23(19,14-24)15-25)17-7-9-18(10-8-17)22(27)30-3/h4-12,19,21H,1,13H2,2-3H3/t19?,21-/m0/s1. The van der Waals surface area contributed by atoms with Gasteiger partial charge < -0.3 is 4.74 Å². The molecule has 7 nitrogen and oxygen atoms in total. The van der Waals surface area contributed by atoms with Crippen LogP contribution < -0.4 is 0 Å². The Kier molecular flexibility index (Phi) is 5.99. The first-order chi connectivity index (χ1) is 14.7. The molecule has 158 valence electrons. The third kappa shape index (κ3) is 3.61. The number of aryl methyl sites for hydroxylation is 1. The highest BCUT2D eigenvalue weighted by Gasteiger charge is 2.58. The minimum atomic E-state index is -4.03. The van der Waals surface area contributed by atoms with E-state index in [0.717, 1.165) is 5.56 Å². The largest absolute Gasteiger partial charge is 0.465 e. The van der Waals surface area contributed by atoms with Gasteiger partial charge >= 0.3 is 5.97 Å². The summed E-state index contributed by atoms with van der Waals surface area (Å²) < 4.78 is 32.9. The molecule has 31 heavy (non-hydrogen) atoms. The molecule has 2 aromatic rings. The summed E-state index contributed by atoms with van der Waals surface area (Å²) in [4.78, 5) is 11.8. The molecule has 0 saturated carbocycles. The van der Waals surface area contributed by atoms with Gasteiger partial charge in [0.2, 0.25) is 10.0 Å². The van der Waals surface area contributed by atoms with E-state index in [4.69, 9.17) is 4.74 Å². The Hall–Kier alpha value is -3.46. The molecular weight excluding hydrogens is 414 g/mol. The first-order valence-corrected chi connectivity index (χ1v) is 10.9. The molecule has 1 fully saturated rings. The van der Waals surface area contributed by atoms with Gasteiger partial charge in [-0.1, -0.05) is 35.9 Å². The fraction of sp³-hybridized carbons (Fsp3) is 0.261. The van der Waals surface area contributed by atoms with Crippen LogP contribution in [0.4, 0.5) is 0 Å². The first kappa shape index (κ1) is 22.2. The Morgan fingerprint density at radius 3 is 2.23 bits per heavy atom. The zero-order valence-electron chi connectivity index (χ0n) is 17.1. The number of rotatable bonds is 5. The summed E-state index contributed by atoms with van der Waals surface area (Å²) in [7, 11) is -2.77. The number of carbonyl (C=O) groups excluding carboxylic acids is 1. The smallest absolute Gasteiger partial charge is 0.337 e. The monoisotopic (exact) mass is 435 g/mol. The lowest BCUT2D eigenvalue weighted by Gasteiger charge is -2.29. The molecule has 3 rings (SSSR count). The van der Waals surface area contributed by atoms with Gasteiger partial charge in [0.1, 0.15) is 0 Å². The molecule has 0 aliphatic carbocycles. The second-order valence-corrected chi connectivity index (χ2v) is 9.23. The topological polar surface area (TPSA) is 111 Å². The molecular formula is C23H21N3O4S. The Bertz CT molecular complexity index is 1180. The summed E-state index contributed by atoms with van der Waals surface area (Å²) in [6.07, 6.45) is 1.45. The Balaban J connectivity index is 2.19. The third-order valence-electron chi connectivity index (χ3n) is 5.61. The summed E-state index contributed by atoms with van der Waals surface area (Å²) >= 11 is 0. The SMILES string of the molecule is C=CC1CN(S(=O)(=O)c2ccc(C)cc2)[C@@H](c2ccc(C(=O)OC)cc2)C1(C#N)C#N. The van der Waals surface area contributed by atoms with E-state index in [1.54, 1.807) is 24.3 Å². The number of carbonyl (C=O) groups is 1. The van der Waals surface area contributed by atoms with Crippen LogP contribution in [0.15, 0.2) is 66.1 Å². The molecule has 1 heterocycles. The highest BCUT2D eigenvalue weighted by Crippen LogP contribution is 2.52. The van der Waals surface area contributed by atoms with Crippen molar-refractivity contribution in [1.29, 1.82) is 10.5 Å². The second-order valence-electron chi connectivity index (χ2n) is 7.34. The van der Waals surface area contributed by atoms with Gasteiger partial charge in [0.25, 0.3) is 0 Å². The maximum atomic E-state index is 13.5. The summed E-state index contributed by atoms with van der Waals surface area (Å²) in [5, 5.41) is 20.0. The van der Waals surface area contributed by atoms with Gasteiger partial charge in [0.05, 0.1) is 35.7 Å². The number of esters is 1. The molecule has 0 spiro atoms. The maximum Gasteiger partial charge on any atom is 0.337 e. The number of hydrogen-bond acceptors (Lipinski definition) is 6. The van der Waals surface area contributed by atoms with Crippen molar-refractivity contribution in [2.75, 3.05) is 13.7 Å². The molecule has 0 radical (unpaired) electrons. The molecule has 1 unspecified atom stereocenters. The molecule has 1 aliphatic rings. The van der Waals surface area contributed by atoms with Crippen molar-refractivity contribution in [3.8, 4) is 12.1 Å². The van der Waals surface area contributed by atoms with Crippen LogP contribution in [-0.2, 0) is 14.8 Å². The molecule has 0 bridgehead atoms. The second kappa shape index (κ2) is 8.35. The fourth-order valence-electron chi connectivity index (χ4n) is 3.88. The van der Waals surface area contributed by atoms with E-state index >= 15 is 0 Å². The summed E-state index contributed by atoms with van der Waals surface area (Å²) in [6, 6.07) is 15.5. The molecule has 0 aromatic heterocycles. The van der Waals surface area contributed by atoms with Gasteiger partial charge in [-0.25, -0.2) is 13.2 Å². The van der Waals surface area contributed by atoms with Gasteiger partial charge in [0, 0.05) is 12.5 Å². The van der Waals surface area contributed by atoms with E-state index in [1.165, 1.54) is 41.8 Å². The maximum absolute atomic E-state index is 13.5. The number of benzene rings is 2. The lowest BCUT2D eigenvalue weighted by Crippen LogP contribution is -2.35. The van der Waals surface area contributed by atoms with Crippen molar-refractivity contribution < 1.29 is 17.9 Å². The van der Waals surface area contributed by atoms with E-state index < -0.39 is 33.4 Å². The Labute approximate surface area is 181 Å². The zero-order chi connectivity index (χ0) is 22.8. The lowest BCUT2D eigenvalue weighted by atomic mass is 9.73. The predicted octanol–water partition coefficient (Wildman–Crippen LogP) is 3.36. The predicted molar refractivity (Wildman–Crippen MR) is 113 cm³/mol. The van der Waals surface area contributed by atoms with Crippen LogP contribution in [0.2, 0.25) is 0 Å². The number of ether oxygens (including phenoxy) is 1. The summed E-state index contributed by atoms with van der Waals surface area (Å²) in [5.41, 5.74) is -0.0674. The van der Waals surface area contributed by atoms with Gasteiger partial charge in [0.15, 0.2) is 5.41 Å². The average Bonchev–Trinajstić information content (AvgIpc) is 3.14. The molecule has 0 amide bonds. The van der Waals surface area contributed by atoms with Crippen LogP contribution in [0.1, 0.15) is 27.5 Å². The van der Waals surface area contributed by atoms with Crippen molar-refractivity contribution in [2.24, 2.45) is 11.3 Å². The number of sulfonamides is 1. The number of nitriles is 2. The van der Waals surface area contributed by atoms with Crippen LogP contribution in [-0.4, -0.2) is 32.3 Å². The molecule has 2 aromatic carbocycles. The molecule has 0 N–H and O–H groups in total. The lowest BCUT2D eigenvalue weighted by molar-refractivity contribution is 0.0600. The molecule has 8 heteroatoms. The molecule has 1 saturated heterocycles. The van der Waals surface area contributed by atoms with Crippen molar-refractivity contribution in [3.63, 3.8) is 0 Å². The third-order valence-corrected chi connectivity index (χ3v) is 7.46. The van der Waals surface area contributed by atoms with Crippen molar-refractivity contribution in [3.05, 3.63) is 77.9 Å². The minimum absolute atomic E-state index is 0.0652. The minimum Gasteiger partial charge on any atom is -0.465 e. The van der Waals surface area contributed by atoms with Crippen LogP contribution in [0.5, 0.6) is 0 Å². The normalized spacial score (nSPS) is 20.4. The Morgan fingerprint density at radius 1 is 1.16 bits per heavy atom. The summed E-state index contributed by atoms with van der Waals surface area (Å²) in [5.74, 6) is -1.24. The van der Waals surface area contributed by atoms with E-state index in [1.807, 2.05) is 6.92 Å². The zero-order valence-corrected chi connectivity index (χ0v) is 18.0. The van der Waals surface area contributed by atoms with E-state index in [9.17, 15) is 23.7 Å². The van der Waals surface area contributed by atoms with Crippen LogP contribution >= 0.6 is 0 Å².